The highest BCUT2D eigenvalue weighted by molar-refractivity contribution is 7.13. The minimum atomic E-state index is 0.536. The van der Waals surface area contributed by atoms with Gasteiger partial charge in [0.05, 0.1) is 5.69 Å². The lowest BCUT2D eigenvalue weighted by molar-refractivity contribution is 0.738. The van der Waals surface area contributed by atoms with E-state index in [4.69, 9.17) is 5.73 Å². The van der Waals surface area contributed by atoms with Gasteiger partial charge in [-0.25, -0.2) is 4.98 Å². The molecule has 0 spiro atoms. The maximum Gasteiger partial charge on any atom is 0.185 e. The van der Waals surface area contributed by atoms with E-state index in [1.54, 1.807) is 11.3 Å². The van der Waals surface area contributed by atoms with Crippen LogP contribution in [0.15, 0.2) is 16.8 Å². The molecule has 0 fully saturated rings. The monoisotopic (exact) mass is 251 g/mol. The van der Waals surface area contributed by atoms with E-state index in [-0.39, 0.29) is 0 Å². The molecule has 0 unspecified atom stereocenters. The van der Waals surface area contributed by atoms with Gasteiger partial charge >= 0.3 is 0 Å². The fraction of sp³-hybridized carbons (Fsp3) is 0.364. The van der Waals surface area contributed by atoms with Gasteiger partial charge in [0.2, 0.25) is 0 Å². The van der Waals surface area contributed by atoms with Crippen LogP contribution in [0.5, 0.6) is 0 Å². The van der Waals surface area contributed by atoms with Crippen LogP contribution < -0.4 is 10.6 Å². The van der Waals surface area contributed by atoms with Gasteiger partial charge in [-0.05, 0) is 23.4 Å². The van der Waals surface area contributed by atoms with Crippen LogP contribution in [-0.2, 0) is 19.5 Å². The molecule has 3 rings (SSSR count). The minimum absolute atomic E-state index is 0.536. The minimum Gasteiger partial charge on any atom is -0.343 e. The molecule has 16 heavy (non-hydrogen) atoms. The van der Waals surface area contributed by atoms with Crippen molar-refractivity contribution in [1.82, 2.24) is 4.98 Å². The first-order valence-electron chi connectivity index (χ1n) is 5.31. The lowest BCUT2D eigenvalue weighted by Gasteiger charge is -2.26. The fourth-order valence-corrected chi connectivity index (χ4v) is 3.70. The van der Waals surface area contributed by atoms with Gasteiger partial charge in [0, 0.05) is 29.9 Å². The maximum atomic E-state index is 5.58. The van der Waals surface area contributed by atoms with Gasteiger partial charge < -0.3 is 10.6 Å². The molecule has 0 saturated carbocycles. The smallest absolute Gasteiger partial charge is 0.185 e. The van der Waals surface area contributed by atoms with E-state index in [2.05, 4.69) is 26.7 Å². The number of hydrogen-bond acceptors (Lipinski definition) is 5. The lowest BCUT2D eigenvalue weighted by atomic mass is 10.1. The molecule has 0 amide bonds. The summed E-state index contributed by atoms with van der Waals surface area (Å²) in [5.41, 5.74) is 8.04. The average Bonchev–Trinajstić information content (AvgIpc) is 2.96. The predicted octanol–water partition coefficient (Wildman–Crippen LogP) is 2.23. The Morgan fingerprint density at radius 3 is 3.19 bits per heavy atom. The van der Waals surface area contributed by atoms with Crippen LogP contribution in [0.2, 0.25) is 0 Å². The van der Waals surface area contributed by atoms with Crippen LogP contribution >= 0.6 is 22.7 Å². The summed E-state index contributed by atoms with van der Waals surface area (Å²) in [5, 5.41) is 5.34. The van der Waals surface area contributed by atoms with Crippen LogP contribution in [0, 0.1) is 0 Å². The first-order chi connectivity index (χ1) is 7.86. The number of hydrogen-bond donors (Lipinski definition) is 1. The number of nitrogens with zero attached hydrogens (tertiary/aromatic N) is 2. The summed E-state index contributed by atoms with van der Waals surface area (Å²) in [5.74, 6) is 0. The van der Waals surface area contributed by atoms with Crippen LogP contribution in [-0.4, -0.2) is 11.5 Å². The second kappa shape index (κ2) is 4.16. The number of thiophene rings is 1. The highest BCUT2D eigenvalue weighted by Gasteiger charge is 2.19. The molecule has 0 aromatic carbocycles. The molecular formula is C11H13N3S2. The Morgan fingerprint density at radius 1 is 1.44 bits per heavy atom. The van der Waals surface area contributed by atoms with Crippen molar-refractivity contribution in [2.45, 2.75) is 19.5 Å². The van der Waals surface area contributed by atoms with Gasteiger partial charge in [-0.3, -0.25) is 0 Å². The third-order valence-electron chi connectivity index (χ3n) is 2.83. The Bertz CT molecular complexity index is 489. The van der Waals surface area contributed by atoms with Gasteiger partial charge in [-0.15, -0.1) is 22.7 Å². The number of fused-ring (bicyclic) bond motifs is 1. The number of nitrogens with two attached hydrogens (primary N) is 1. The third kappa shape index (κ3) is 1.75. The summed E-state index contributed by atoms with van der Waals surface area (Å²) in [6.07, 6.45) is 1.14. The first kappa shape index (κ1) is 10.3. The van der Waals surface area contributed by atoms with Crippen LogP contribution in [0.3, 0.4) is 0 Å². The van der Waals surface area contributed by atoms with Crippen LogP contribution in [0.4, 0.5) is 5.13 Å². The van der Waals surface area contributed by atoms with Crippen molar-refractivity contribution in [3.63, 3.8) is 0 Å². The predicted molar refractivity (Wildman–Crippen MR) is 69.1 cm³/mol. The van der Waals surface area contributed by atoms with Crippen molar-refractivity contribution in [2.75, 3.05) is 11.4 Å². The highest BCUT2D eigenvalue weighted by atomic mass is 32.1. The number of thiazole rings is 1. The molecule has 5 heteroatoms. The zero-order chi connectivity index (χ0) is 11.0. The van der Waals surface area contributed by atoms with E-state index in [0.717, 1.165) is 30.3 Å². The largest absolute Gasteiger partial charge is 0.343 e. The van der Waals surface area contributed by atoms with Crippen molar-refractivity contribution in [3.8, 4) is 0 Å². The summed E-state index contributed by atoms with van der Waals surface area (Å²) in [6.45, 7) is 2.61. The standard InChI is InChI=1S/C11H13N3S2/c12-5-9-7-16-11(13-9)14-3-1-10-8(6-14)2-4-15-10/h2,4,7H,1,3,5-6,12H2. The molecule has 3 heterocycles. The Labute approximate surface area is 103 Å². The topological polar surface area (TPSA) is 42.1 Å². The Morgan fingerprint density at radius 2 is 2.38 bits per heavy atom. The molecule has 84 valence electrons. The van der Waals surface area contributed by atoms with Gasteiger partial charge in [-0.2, -0.15) is 0 Å². The molecule has 0 bridgehead atoms. The fourth-order valence-electron chi connectivity index (χ4n) is 1.95. The van der Waals surface area contributed by atoms with E-state index >= 15 is 0 Å². The summed E-state index contributed by atoms with van der Waals surface area (Å²) in [4.78, 5) is 8.41. The van der Waals surface area contributed by atoms with Crippen molar-refractivity contribution in [1.29, 1.82) is 0 Å². The molecule has 0 saturated heterocycles. The van der Waals surface area contributed by atoms with Gasteiger partial charge in [-0.1, -0.05) is 0 Å². The van der Waals surface area contributed by atoms with Crippen molar-refractivity contribution >= 4 is 27.8 Å². The van der Waals surface area contributed by atoms with Gasteiger partial charge in [0.25, 0.3) is 0 Å². The number of anilines is 1. The van der Waals surface area contributed by atoms with Crippen molar-refractivity contribution < 1.29 is 0 Å². The van der Waals surface area contributed by atoms with Crippen molar-refractivity contribution in [3.05, 3.63) is 33.0 Å². The lowest BCUT2D eigenvalue weighted by Crippen LogP contribution is -2.29. The second-order valence-electron chi connectivity index (χ2n) is 3.87. The molecule has 3 nitrogen and oxygen atoms in total. The highest BCUT2D eigenvalue weighted by Crippen LogP contribution is 2.29. The maximum absolute atomic E-state index is 5.58. The van der Waals surface area contributed by atoms with E-state index in [0.29, 0.717) is 6.54 Å². The Kier molecular flexibility index (Phi) is 2.67. The molecule has 2 aromatic heterocycles. The SMILES string of the molecule is NCc1csc(N2CCc3sccc3C2)n1. The average molecular weight is 251 g/mol. The zero-order valence-electron chi connectivity index (χ0n) is 8.85. The molecule has 0 atom stereocenters. The molecule has 0 aliphatic carbocycles. The quantitative estimate of drug-likeness (QED) is 0.890. The summed E-state index contributed by atoms with van der Waals surface area (Å²) in [6, 6.07) is 2.23. The second-order valence-corrected chi connectivity index (χ2v) is 5.70. The Balaban J connectivity index is 1.83. The third-order valence-corrected chi connectivity index (χ3v) is 4.80. The number of rotatable bonds is 2. The molecule has 2 N–H and O–H groups in total. The van der Waals surface area contributed by atoms with Gasteiger partial charge in [0.15, 0.2) is 5.13 Å². The molecule has 1 aliphatic rings. The Hall–Kier alpha value is -0.910. The van der Waals surface area contributed by atoms with E-state index < -0.39 is 0 Å². The first-order valence-corrected chi connectivity index (χ1v) is 7.07. The van der Waals surface area contributed by atoms with E-state index in [1.807, 2.05) is 11.3 Å². The van der Waals surface area contributed by atoms with E-state index in [1.165, 1.54) is 10.4 Å². The van der Waals surface area contributed by atoms with Gasteiger partial charge in [0.1, 0.15) is 0 Å². The van der Waals surface area contributed by atoms with Crippen molar-refractivity contribution in [2.24, 2.45) is 5.73 Å². The summed E-state index contributed by atoms with van der Waals surface area (Å²) in [7, 11) is 0. The summed E-state index contributed by atoms with van der Waals surface area (Å²) < 4.78 is 0. The van der Waals surface area contributed by atoms with Crippen LogP contribution in [0.25, 0.3) is 0 Å². The summed E-state index contributed by atoms with van der Waals surface area (Å²) >= 11 is 3.56. The molecule has 1 aliphatic heterocycles. The molecular weight excluding hydrogens is 238 g/mol. The van der Waals surface area contributed by atoms with Crippen LogP contribution in [0.1, 0.15) is 16.1 Å². The normalized spacial score (nSPS) is 15.2. The van der Waals surface area contributed by atoms with E-state index in [9.17, 15) is 0 Å². The number of aromatic nitrogens is 1. The zero-order valence-corrected chi connectivity index (χ0v) is 10.5. The molecule has 2 aromatic rings. The molecule has 0 radical (unpaired) electrons.